The first-order chi connectivity index (χ1) is 11.8. The Kier molecular flexibility index (Phi) is 5.45. The number of morpholine rings is 1. The number of anilines is 1. The highest BCUT2D eigenvalue weighted by molar-refractivity contribution is 7.89. The maximum Gasteiger partial charge on any atom is 0.227 e. The Bertz CT molecular complexity index is 799. The molecule has 1 unspecified atom stereocenters. The van der Waals surface area contributed by atoms with Crippen LogP contribution in [-0.2, 0) is 26.9 Å². The lowest BCUT2D eigenvalue weighted by molar-refractivity contribution is 0.0107. The van der Waals surface area contributed by atoms with E-state index in [1.54, 1.807) is 11.3 Å². The summed E-state index contributed by atoms with van der Waals surface area (Å²) in [5.74, 6) is 1.51. The summed E-state index contributed by atoms with van der Waals surface area (Å²) in [5.41, 5.74) is 0. The molecule has 9 heteroatoms. The number of aromatic nitrogens is 3. The molecule has 1 aliphatic rings. The van der Waals surface area contributed by atoms with Crippen LogP contribution in [0.4, 0.5) is 5.95 Å². The van der Waals surface area contributed by atoms with Crippen molar-refractivity contribution in [2.75, 3.05) is 30.9 Å². The van der Waals surface area contributed by atoms with Crippen molar-refractivity contribution in [3.63, 3.8) is 0 Å². The second kappa shape index (κ2) is 7.43. The smallest absolute Gasteiger partial charge is 0.227 e. The van der Waals surface area contributed by atoms with E-state index in [0.717, 1.165) is 23.9 Å². The molecule has 1 atom stereocenters. The molecule has 1 aliphatic heterocycles. The Morgan fingerprint density at radius 2 is 2.20 bits per heavy atom. The summed E-state index contributed by atoms with van der Waals surface area (Å²) >= 11 is 1.64. The van der Waals surface area contributed by atoms with Gasteiger partial charge in [-0.15, -0.1) is 21.5 Å². The zero-order valence-corrected chi connectivity index (χ0v) is 16.4. The number of rotatable bonds is 6. The van der Waals surface area contributed by atoms with Gasteiger partial charge in [0.05, 0.1) is 19.3 Å². The fourth-order valence-electron chi connectivity index (χ4n) is 2.88. The lowest BCUT2D eigenvalue weighted by atomic mass is 10.1. The van der Waals surface area contributed by atoms with Crippen LogP contribution < -0.4 is 4.90 Å². The van der Waals surface area contributed by atoms with Crippen LogP contribution in [0.25, 0.3) is 0 Å². The molecule has 7 nitrogen and oxygen atoms in total. The zero-order chi connectivity index (χ0) is 18.0. The van der Waals surface area contributed by atoms with E-state index in [0.29, 0.717) is 24.9 Å². The molecule has 2 aromatic heterocycles. The Labute approximate surface area is 152 Å². The molecule has 0 N–H and O–H groups in total. The third-order valence-corrected chi connectivity index (χ3v) is 5.86. The van der Waals surface area contributed by atoms with Crippen LogP contribution in [0.5, 0.6) is 0 Å². The van der Waals surface area contributed by atoms with Crippen molar-refractivity contribution < 1.29 is 13.2 Å². The molecule has 1 saturated heterocycles. The quantitative estimate of drug-likeness (QED) is 0.756. The van der Waals surface area contributed by atoms with Crippen molar-refractivity contribution in [2.45, 2.75) is 32.2 Å². The van der Waals surface area contributed by atoms with Gasteiger partial charge < -0.3 is 9.64 Å². The van der Waals surface area contributed by atoms with Crippen LogP contribution in [0.15, 0.2) is 17.5 Å². The molecule has 2 aromatic rings. The monoisotopic (exact) mass is 384 g/mol. The molecule has 0 saturated carbocycles. The molecule has 0 spiro atoms. The molecular formula is C16H24N4O3S2. The molecule has 3 heterocycles. The van der Waals surface area contributed by atoms with E-state index in [1.165, 1.54) is 6.26 Å². The minimum Gasteiger partial charge on any atom is -0.374 e. The van der Waals surface area contributed by atoms with Gasteiger partial charge in [-0.2, -0.15) is 0 Å². The predicted octanol–water partition coefficient (Wildman–Crippen LogP) is 1.79. The molecule has 0 radical (unpaired) electrons. The molecule has 25 heavy (non-hydrogen) atoms. The number of nitrogens with zero attached hydrogens (tertiary/aromatic N) is 4. The van der Waals surface area contributed by atoms with Gasteiger partial charge in [0.1, 0.15) is 11.6 Å². The molecule has 0 amide bonds. The van der Waals surface area contributed by atoms with Crippen molar-refractivity contribution >= 4 is 27.1 Å². The first-order valence-corrected chi connectivity index (χ1v) is 11.3. The fraction of sp³-hybridized carbons (Fsp3) is 0.625. The number of hydrogen-bond acceptors (Lipinski definition) is 7. The zero-order valence-electron chi connectivity index (χ0n) is 14.8. The summed E-state index contributed by atoms with van der Waals surface area (Å²) in [5, 5.41) is 10.5. The minimum absolute atomic E-state index is 0.108. The van der Waals surface area contributed by atoms with Crippen LogP contribution >= 0.6 is 11.3 Å². The normalized spacial score (nSPS) is 18.9. The Morgan fingerprint density at radius 3 is 2.84 bits per heavy atom. The molecule has 0 aromatic carbocycles. The summed E-state index contributed by atoms with van der Waals surface area (Å²) in [7, 11) is -3.18. The van der Waals surface area contributed by atoms with E-state index in [2.05, 4.69) is 28.9 Å². The van der Waals surface area contributed by atoms with Gasteiger partial charge in [0.2, 0.25) is 5.95 Å². The maximum atomic E-state index is 11.8. The summed E-state index contributed by atoms with van der Waals surface area (Å²) < 4.78 is 31.3. The summed E-state index contributed by atoms with van der Waals surface area (Å²) in [6.07, 6.45) is 1.36. The molecule has 0 bridgehead atoms. The summed E-state index contributed by atoms with van der Waals surface area (Å²) in [6, 6.07) is 4.03. The third-order valence-electron chi connectivity index (χ3n) is 4.21. The average Bonchev–Trinajstić information content (AvgIpc) is 3.17. The van der Waals surface area contributed by atoms with Gasteiger partial charge in [-0.1, -0.05) is 19.9 Å². The van der Waals surface area contributed by atoms with Gasteiger partial charge in [0, 0.05) is 24.2 Å². The van der Waals surface area contributed by atoms with Crippen LogP contribution in [-0.4, -0.2) is 55.2 Å². The van der Waals surface area contributed by atoms with E-state index >= 15 is 0 Å². The van der Waals surface area contributed by atoms with Crippen molar-refractivity contribution in [1.29, 1.82) is 0 Å². The van der Waals surface area contributed by atoms with Gasteiger partial charge in [0.25, 0.3) is 0 Å². The number of thiophene rings is 1. The lowest BCUT2D eigenvalue weighted by Crippen LogP contribution is -2.45. The SMILES string of the molecule is CC(C)C1CN(c2nnc(CS(C)(=O)=O)n2Cc2cccs2)CCO1. The van der Waals surface area contributed by atoms with E-state index in [4.69, 9.17) is 4.74 Å². The fourth-order valence-corrected chi connectivity index (χ4v) is 4.26. The van der Waals surface area contributed by atoms with Crippen molar-refractivity contribution in [3.8, 4) is 0 Å². The number of ether oxygens (including phenoxy) is 1. The highest BCUT2D eigenvalue weighted by Gasteiger charge is 2.28. The highest BCUT2D eigenvalue weighted by Crippen LogP contribution is 2.23. The molecule has 3 rings (SSSR count). The van der Waals surface area contributed by atoms with E-state index < -0.39 is 9.84 Å². The Balaban J connectivity index is 1.92. The minimum atomic E-state index is -3.18. The maximum absolute atomic E-state index is 11.8. The van der Waals surface area contributed by atoms with Crippen LogP contribution in [0, 0.1) is 5.92 Å². The van der Waals surface area contributed by atoms with Gasteiger partial charge in [-0.25, -0.2) is 8.42 Å². The van der Waals surface area contributed by atoms with Gasteiger partial charge in [-0.05, 0) is 17.4 Å². The number of sulfone groups is 1. The summed E-state index contributed by atoms with van der Waals surface area (Å²) in [4.78, 5) is 3.30. The molecular weight excluding hydrogens is 360 g/mol. The third kappa shape index (κ3) is 4.59. The average molecular weight is 385 g/mol. The first-order valence-electron chi connectivity index (χ1n) is 8.32. The second-order valence-corrected chi connectivity index (χ2v) is 9.92. The van der Waals surface area contributed by atoms with Crippen molar-refractivity contribution in [1.82, 2.24) is 14.8 Å². The van der Waals surface area contributed by atoms with E-state index in [-0.39, 0.29) is 11.9 Å². The van der Waals surface area contributed by atoms with Crippen LogP contribution in [0.3, 0.4) is 0 Å². The van der Waals surface area contributed by atoms with Crippen LogP contribution in [0.1, 0.15) is 24.5 Å². The van der Waals surface area contributed by atoms with Crippen molar-refractivity contribution in [3.05, 3.63) is 28.2 Å². The highest BCUT2D eigenvalue weighted by atomic mass is 32.2. The van der Waals surface area contributed by atoms with E-state index in [9.17, 15) is 8.42 Å². The van der Waals surface area contributed by atoms with Gasteiger partial charge in [-0.3, -0.25) is 4.57 Å². The topological polar surface area (TPSA) is 77.3 Å². The largest absolute Gasteiger partial charge is 0.374 e. The van der Waals surface area contributed by atoms with Crippen LogP contribution in [0.2, 0.25) is 0 Å². The van der Waals surface area contributed by atoms with Gasteiger partial charge in [0.15, 0.2) is 9.84 Å². The predicted molar refractivity (Wildman–Crippen MR) is 98.8 cm³/mol. The molecule has 138 valence electrons. The first kappa shape index (κ1) is 18.3. The second-order valence-electron chi connectivity index (χ2n) is 6.75. The molecule has 0 aliphatic carbocycles. The standard InChI is InChI=1S/C16H24N4O3S2/c1-12(2)14-10-19(6-7-23-14)16-18-17-15(11-25(3,21)22)20(16)9-13-5-4-8-24-13/h4-5,8,12,14H,6-7,9-11H2,1-3H3. The van der Waals surface area contributed by atoms with Gasteiger partial charge >= 0.3 is 0 Å². The summed E-state index contributed by atoms with van der Waals surface area (Å²) in [6.45, 7) is 6.95. The Hall–Kier alpha value is -1.45. The molecule has 1 fully saturated rings. The van der Waals surface area contributed by atoms with E-state index in [1.807, 2.05) is 22.1 Å². The lowest BCUT2D eigenvalue weighted by Gasteiger charge is -2.35. The van der Waals surface area contributed by atoms with Crippen molar-refractivity contribution in [2.24, 2.45) is 5.92 Å². The number of hydrogen-bond donors (Lipinski definition) is 0. The Morgan fingerprint density at radius 1 is 1.40 bits per heavy atom.